The number of carbonyl (C=O) groups excluding carboxylic acids is 1. The summed E-state index contributed by atoms with van der Waals surface area (Å²) in [4.78, 5) is 26.7. The van der Waals surface area contributed by atoms with Gasteiger partial charge in [0.15, 0.2) is 0 Å². The van der Waals surface area contributed by atoms with Gasteiger partial charge in [-0.3, -0.25) is 14.2 Å². The third-order valence-electron chi connectivity index (χ3n) is 2.66. The van der Waals surface area contributed by atoms with Crippen molar-refractivity contribution in [1.82, 2.24) is 9.55 Å². The molecule has 1 amide bonds. The van der Waals surface area contributed by atoms with E-state index in [2.05, 4.69) is 4.98 Å². The summed E-state index contributed by atoms with van der Waals surface area (Å²) in [5, 5.41) is 0. The highest BCUT2D eigenvalue weighted by atomic mass is 16.1. The number of hydrogen-bond donors (Lipinski definition) is 1. The number of aryl methyl sites for hydroxylation is 2. The molecule has 1 heterocycles. The van der Waals surface area contributed by atoms with E-state index in [1.807, 2.05) is 0 Å². The number of hydrogen-bond acceptors (Lipinski definition) is 3. The number of amides is 1. The van der Waals surface area contributed by atoms with Crippen LogP contribution in [0.1, 0.15) is 24.1 Å². The Morgan fingerprint density at radius 2 is 2.33 bits per heavy atom. The van der Waals surface area contributed by atoms with Crippen LogP contribution in [-0.4, -0.2) is 15.5 Å². The van der Waals surface area contributed by atoms with Crippen LogP contribution in [0.3, 0.4) is 0 Å². The van der Waals surface area contributed by atoms with Crippen LogP contribution < -0.4 is 11.3 Å². The predicted molar refractivity (Wildman–Crippen MR) is 54.3 cm³/mol. The summed E-state index contributed by atoms with van der Waals surface area (Å²) in [6, 6.07) is 0. The molecule has 0 bridgehead atoms. The molecule has 0 radical (unpaired) electrons. The van der Waals surface area contributed by atoms with Crippen LogP contribution in [0, 0.1) is 0 Å². The standard InChI is InChI=1S/C10H13N3O2/c11-9(14)4-5-13-6-12-8-3-1-2-7(8)10(13)15/h6H,1-5H2,(H2,11,14). The van der Waals surface area contributed by atoms with E-state index < -0.39 is 5.91 Å². The maximum Gasteiger partial charge on any atom is 0.256 e. The molecule has 0 spiro atoms. The molecule has 0 aliphatic heterocycles. The molecular weight excluding hydrogens is 194 g/mol. The quantitative estimate of drug-likeness (QED) is 0.733. The van der Waals surface area contributed by atoms with Crippen molar-refractivity contribution in [2.45, 2.75) is 32.2 Å². The first kappa shape index (κ1) is 9.89. The molecule has 2 rings (SSSR count). The fraction of sp³-hybridized carbons (Fsp3) is 0.500. The molecule has 80 valence electrons. The lowest BCUT2D eigenvalue weighted by atomic mass is 10.2. The van der Waals surface area contributed by atoms with Gasteiger partial charge in [0.05, 0.1) is 12.0 Å². The van der Waals surface area contributed by atoms with Gasteiger partial charge in [0.1, 0.15) is 0 Å². The minimum atomic E-state index is -0.401. The van der Waals surface area contributed by atoms with Gasteiger partial charge in [0.2, 0.25) is 5.91 Å². The molecule has 0 atom stereocenters. The van der Waals surface area contributed by atoms with Crippen LogP contribution in [-0.2, 0) is 24.2 Å². The van der Waals surface area contributed by atoms with Crippen molar-refractivity contribution in [2.24, 2.45) is 5.73 Å². The summed E-state index contributed by atoms with van der Waals surface area (Å²) in [7, 11) is 0. The van der Waals surface area contributed by atoms with Crippen molar-refractivity contribution in [3.05, 3.63) is 27.9 Å². The molecule has 2 N–H and O–H groups in total. The number of rotatable bonds is 3. The highest BCUT2D eigenvalue weighted by molar-refractivity contribution is 5.73. The lowest BCUT2D eigenvalue weighted by Crippen LogP contribution is -2.26. The second-order valence-electron chi connectivity index (χ2n) is 3.74. The monoisotopic (exact) mass is 207 g/mol. The highest BCUT2D eigenvalue weighted by Gasteiger charge is 2.16. The fourth-order valence-electron chi connectivity index (χ4n) is 1.86. The van der Waals surface area contributed by atoms with Crippen molar-refractivity contribution < 1.29 is 4.79 Å². The van der Waals surface area contributed by atoms with Gasteiger partial charge in [-0.25, -0.2) is 4.98 Å². The zero-order chi connectivity index (χ0) is 10.8. The van der Waals surface area contributed by atoms with E-state index in [4.69, 9.17) is 5.73 Å². The molecule has 0 unspecified atom stereocenters. The van der Waals surface area contributed by atoms with Crippen LogP contribution in [0.4, 0.5) is 0 Å². The highest BCUT2D eigenvalue weighted by Crippen LogP contribution is 2.14. The molecule has 1 aromatic heterocycles. The van der Waals surface area contributed by atoms with E-state index in [0.29, 0.717) is 6.54 Å². The largest absolute Gasteiger partial charge is 0.370 e. The summed E-state index contributed by atoms with van der Waals surface area (Å²) >= 11 is 0. The Bertz CT molecular complexity index is 450. The molecule has 0 fully saturated rings. The van der Waals surface area contributed by atoms with Crippen molar-refractivity contribution in [1.29, 1.82) is 0 Å². The molecule has 1 aliphatic carbocycles. The van der Waals surface area contributed by atoms with E-state index in [0.717, 1.165) is 30.5 Å². The van der Waals surface area contributed by atoms with Crippen molar-refractivity contribution in [3.8, 4) is 0 Å². The number of primary amides is 1. The smallest absolute Gasteiger partial charge is 0.256 e. The first-order valence-electron chi connectivity index (χ1n) is 5.04. The Morgan fingerprint density at radius 1 is 1.53 bits per heavy atom. The maximum absolute atomic E-state index is 11.8. The van der Waals surface area contributed by atoms with Crippen LogP contribution >= 0.6 is 0 Å². The molecule has 5 nitrogen and oxygen atoms in total. The third kappa shape index (κ3) is 1.91. The number of nitrogens with zero attached hydrogens (tertiary/aromatic N) is 2. The Balaban J connectivity index is 2.27. The normalized spacial score (nSPS) is 13.9. The average Bonchev–Trinajstić information content (AvgIpc) is 2.65. The summed E-state index contributed by atoms with van der Waals surface area (Å²) in [5.41, 5.74) is 6.73. The second-order valence-corrected chi connectivity index (χ2v) is 3.74. The Morgan fingerprint density at radius 3 is 3.07 bits per heavy atom. The number of carbonyl (C=O) groups is 1. The fourth-order valence-corrected chi connectivity index (χ4v) is 1.86. The summed E-state index contributed by atoms with van der Waals surface area (Å²) in [6.45, 7) is 0.328. The summed E-state index contributed by atoms with van der Waals surface area (Å²) in [6.07, 6.45) is 4.38. The molecule has 1 aliphatic rings. The predicted octanol–water partition coefficient (Wildman–Crippen LogP) is -0.393. The second kappa shape index (κ2) is 3.84. The molecule has 0 saturated carbocycles. The van der Waals surface area contributed by atoms with Crippen molar-refractivity contribution in [3.63, 3.8) is 0 Å². The lowest BCUT2D eigenvalue weighted by Gasteiger charge is -2.05. The Kier molecular flexibility index (Phi) is 2.53. The molecule has 5 heteroatoms. The molecule has 1 aromatic rings. The molecular formula is C10H13N3O2. The zero-order valence-corrected chi connectivity index (χ0v) is 8.40. The van der Waals surface area contributed by atoms with Gasteiger partial charge in [-0.05, 0) is 19.3 Å². The van der Waals surface area contributed by atoms with Crippen molar-refractivity contribution in [2.75, 3.05) is 0 Å². The van der Waals surface area contributed by atoms with Crippen LogP contribution in [0.15, 0.2) is 11.1 Å². The van der Waals surface area contributed by atoms with Crippen LogP contribution in [0.5, 0.6) is 0 Å². The van der Waals surface area contributed by atoms with E-state index in [9.17, 15) is 9.59 Å². The first-order valence-corrected chi connectivity index (χ1v) is 5.04. The van der Waals surface area contributed by atoms with Gasteiger partial charge in [-0.15, -0.1) is 0 Å². The minimum absolute atomic E-state index is 0.0150. The minimum Gasteiger partial charge on any atom is -0.370 e. The SMILES string of the molecule is NC(=O)CCn1cnc2c(c1=O)CCC2. The number of nitrogens with two attached hydrogens (primary N) is 1. The average molecular weight is 207 g/mol. The van der Waals surface area contributed by atoms with E-state index in [-0.39, 0.29) is 12.0 Å². The number of aromatic nitrogens is 2. The van der Waals surface area contributed by atoms with Gasteiger partial charge in [0, 0.05) is 18.5 Å². The third-order valence-corrected chi connectivity index (χ3v) is 2.66. The molecule has 0 aromatic carbocycles. The van der Waals surface area contributed by atoms with Gasteiger partial charge in [-0.2, -0.15) is 0 Å². The zero-order valence-electron chi connectivity index (χ0n) is 8.40. The number of fused-ring (bicyclic) bond motifs is 1. The van der Waals surface area contributed by atoms with Crippen molar-refractivity contribution >= 4 is 5.91 Å². The summed E-state index contributed by atoms with van der Waals surface area (Å²) < 4.78 is 1.47. The van der Waals surface area contributed by atoms with E-state index >= 15 is 0 Å². The Hall–Kier alpha value is -1.65. The molecule has 0 saturated heterocycles. The Labute approximate surface area is 86.9 Å². The van der Waals surface area contributed by atoms with Gasteiger partial charge < -0.3 is 5.73 Å². The van der Waals surface area contributed by atoms with E-state index in [1.54, 1.807) is 0 Å². The van der Waals surface area contributed by atoms with Gasteiger partial charge in [0.25, 0.3) is 5.56 Å². The lowest BCUT2D eigenvalue weighted by molar-refractivity contribution is -0.118. The first-order chi connectivity index (χ1) is 7.18. The summed E-state index contributed by atoms with van der Waals surface area (Å²) in [5.74, 6) is -0.401. The van der Waals surface area contributed by atoms with E-state index in [1.165, 1.54) is 10.9 Å². The van der Waals surface area contributed by atoms with Gasteiger partial charge in [-0.1, -0.05) is 0 Å². The topological polar surface area (TPSA) is 78.0 Å². The van der Waals surface area contributed by atoms with Gasteiger partial charge >= 0.3 is 0 Å². The van der Waals surface area contributed by atoms with Crippen LogP contribution in [0.2, 0.25) is 0 Å². The maximum atomic E-state index is 11.8. The molecule has 15 heavy (non-hydrogen) atoms. The van der Waals surface area contributed by atoms with Crippen LogP contribution in [0.25, 0.3) is 0 Å².